The normalized spacial score (nSPS) is 20.0. The number of likely N-dealkylation sites (N-methyl/N-ethyl adjacent to an activating group) is 1. The highest BCUT2D eigenvalue weighted by Gasteiger charge is 2.28. The summed E-state index contributed by atoms with van der Waals surface area (Å²) in [7, 11) is 3.38. The molecule has 0 bridgehead atoms. The second-order valence-electron chi connectivity index (χ2n) is 4.60. The summed E-state index contributed by atoms with van der Waals surface area (Å²) in [5.74, 6) is 1.87. The van der Waals surface area contributed by atoms with E-state index < -0.39 is 0 Å². The fourth-order valence-corrected chi connectivity index (χ4v) is 2.89. The van der Waals surface area contributed by atoms with E-state index in [-0.39, 0.29) is 17.2 Å². The van der Waals surface area contributed by atoms with Gasteiger partial charge >= 0.3 is 0 Å². The van der Waals surface area contributed by atoms with Gasteiger partial charge in [0.15, 0.2) is 5.96 Å². The Balaban J connectivity index is 2.53. The van der Waals surface area contributed by atoms with Crippen LogP contribution in [-0.2, 0) is 4.79 Å². The number of hydrogen-bond acceptors (Lipinski definition) is 3. The summed E-state index contributed by atoms with van der Waals surface area (Å²) in [6.45, 7) is 6.66. The van der Waals surface area contributed by atoms with E-state index in [9.17, 15) is 4.79 Å². The second-order valence-corrected chi connectivity index (χ2v) is 6.41. The number of guanidine groups is 1. The van der Waals surface area contributed by atoms with Gasteiger partial charge in [-0.15, -0.1) is 0 Å². The summed E-state index contributed by atoms with van der Waals surface area (Å²) < 4.78 is 0.239. The number of nitrogens with one attached hydrogen (secondary N) is 2. The van der Waals surface area contributed by atoms with Crippen molar-refractivity contribution in [3.8, 4) is 0 Å². The average molecular weight is 258 g/mol. The molecule has 5 nitrogen and oxygen atoms in total. The molecule has 1 saturated heterocycles. The van der Waals surface area contributed by atoms with Crippen LogP contribution >= 0.6 is 11.8 Å². The highest BCUT2D eigenvalue weighted by molar-refractivity contribution is 8.00. The van der Waals surface area contributed by atoms with Crippen molar-refractivity contribution >= 4 is 23.6 Å². The standard InChI is InChI=1S/C11H22N4OS/c1-11(2)8-15(5-6-17-11)10(13-4)14-7-9(16)12-3/h5-8H2,1-4H3,(H,12,16)(H,13,14). The Labute approximate surface area is 107 Å². The van der Waals surface area contributed by atoms with Crippen LogP contribution in [0.4, 0.5) is 0 Å². The molecule has 1 fully saturated rings. The van der Waals surface area contributed by atoms with Gasteiger partial charge in [0.05, 0.1) is 6.54 Å². The fraction of sp³-hybridized carbons (Fsp3) is 0.818. The van der Waals surface area contributed by atoms with Crippen LogP contribution in [0.3, 0.4) is 0 Å². The smallest absolute Gasteiger partial charge is 0.239 e. The largest absolute Gasteiger partial charge is 0.358 e. The molecule has 0 aromatic carbocycles. The van der Waals surface area contributed by atoms with Crippen LogP contribution < -0.4 is 10.6 Å². The molecule has 0 unspecified atom stereocenters. The number of thioether (sulfide) groups is 1. The average Bonchev–Trinajstić information content (AvgIpc) is 2.28. The van der Waals surface area contributed by atoms with Gasteiger partial charge in [-0.1, -0.05) is 0 Å². The molecule has 98 valence electrons. The van der Waals surface area contributed by atoms with E-state index in [2.05, 4.69) is 34.4 Å². The van der Waals surface area contributed by atoms with Crippen molar-refractivity contribution < 1.29 is 4.79 Å². The van der Waals surface area contributed by atoms with Gasteiger partial charge in [-0.2, -0.15) is 11.8 Å². The first-order chi connectivity index (χ1) is 7.98. The van der Waals surface area contributed by atoms with Crippen molar-refractivity contribution in [2.45, 2.75) is 18.6 Å². The topological polar surface area (TPSA) is 56.7 Å². The molecule has 1 heterocycles. The van der Waals surface area contributed by atoms with E-state index in [0.29, 0.717) is 0 Å². The first-order valence-electron chi connectivity index (χ1n) is 5.78. The summed E-state index contributed by atoms with van der Waals surface area (Å²) in [6, 6.07) is 0. The van der Waals surface area contributed by atoms with E-state index in [1.165, 1.54) is 0 Å². The second kappa shape index (κ2) is 6.14. The van der Waals surface area contributed by atoms with Crippen LogP contribution in [0.2, 0.25) is 0 Å². The Morgan fingerprint density at radius 1 is 1.53 bits per heavy atom. The first-order valence-corrected chi connectivity index (χ1v) is 6.77. The van der Waals surface area contributed by atoms with E-state index in [1.807, 2.05) is 11.8 Å². The quantitative estimate of drug-likeness (QED) is 0.546. The van der Waals surface area contributed by atoms with Crippen molar-refractivity contribution in [1.29, 1.82) is 0 Å². The van der Waals surface area contributed by atoms with Gasteiger partial charge in [-0.05, 0) is 13.8 Å². The first kappa shape index (κ1) is 14.2. The van der Waals surface area contributed by atoms with Gasteiger partial charge in [0.2, 0.25) is 5.91 Å². The Morgan fingerprint density at radius 3 is 2.76 bits per heavy atom. The minimum Gasteiger partial charge on any atom is -0.358 e. The van der Waals surface area contributed by atoms with Crippen molar-refractivity contribution in [3.05, 3.63) is 0 Å². The van der Waals surface area contributed by atoms with Crippen LogP contribution in [0, 0.1) is 0 Å². The zero-order chi connectivity index (χ0) is 12.9. The maximum Gasteiger partial charge on any atom is 0.239 e. The van der Waals surface area contributed by atoms with Crippen molar-refractivity contribution in [2.24, 2.45) is 4.99 Å². The van der Waals surface area contributed by atoms with Gasteiger partial charge in [0.1, 0.15) is 0 Å². The van der Waals surface area contributed by atoms with E-state index in [4.69, 9.17) is 0 Å². The number of aliphatic imine (C=N–C) groups is 1. The summed E-state index contributed by atoms with van der Waals surface area (Å²) >= 11 is 1.98. The summed E-state index contributed by atoms with van der Waals surface area (Å²) in [4.78, 5) is 17.6. The molecule has 0 saturated carbocycles. The molecule has 1 aliphatic heterocycles. The van der Waals surface area contributed by atoms with Gasteiger partial charge < -0.3 is 15.5 Å². The number of carbonyl (C=O) groups excluding carboxylic acids is 1. The Morgan fingerprint density at radius 2 is 2.24 bits per heavy atom. The maximum absolute atomic E-state index is 11.2. The molecule has 0 aromatic rings. The van der Waals surface area contributed by atoms with Crippen LogP contribution in [0.5, 0.6) is 0 Å². The molecule has 1 amide bonds. The van der Waals surface area contributed by atoms with Crippen molar-refractivity contribution in [1.82, 2.24) is 15.5 Å². The molecule has 0 spiro atoms. The molecule has 1 aliphatic rings. The third-order valence-electron chi connectivity index (χ3n) is 2.62. The molecule has 2 N–H and O–H groups in total. The third-order valence-corrected chi connectivity index (χ3v) is 3.92. The summed E-state index contributed by atoms with van der Waals surface area (Å²) in [5.41, 5.74) is 0. The SMILES string of the molecule is CN=C(NCC(=O)NC)N1CCSC(C)(C)C1. The molecule has 0 aliphatic carbocycles. The number of nitrogens with zero attached hydrogens (tertiary/aromatic N) is 2. The molecule has 0 aromatic heterocycles. The lowest BCUT2D eigenvalue weighted by atomic mass is 10.2. The van der Waals surface area contributed by atoms with E-state index in [1.54, 1.807) is 14.1 Å². The van der Waals surface area contributed by atoms with Crippen LogP contribution in [0.15, 0.2) is 4.99 Å². The molecule has 6 heteroatoms. The highest BCUT2D eigenvalue weighted by Crippen LogP contribution is 2.29. The monoisotopic (exact) mass is 258 g/mol. The lowest BCUT2D eigenvalue weighted by Gasteiger charge is -2.39. The summed E-state index contributed by atoms with van der Waals surface area (Å²) in [6.07, 6.45) is 0. The van der Waals surface area contributed by atoms with Crippen molar-refractivity contribution in [2.75, 3.05) is 39.5 Å². The fourth-order valence-electron chi connectivity index (χ4n) is 1.78. The number of hydrogen-bond donors (Lipinski definition) is 2. The molecule has 1 rings (SSSR count). The number of carbonyl (C=O) groups is 1. The highest BCUT2D eigenvalue weighted by atomic mass is 32.2. The minimum absolute atomic E-state index is 0.0307. The zero-order valence-corrected chi connectivity index (χ0v) is 11.9. The summed E-state index contributed by atoms with van der Waals surface area (Å²) in [5, 5.41) is 5.67. The Bertz CT molecular complexity index is 304. The van der Waals surface area contributed by atoms with E-state index in [0.717, 1.165) is 24.8 Å². The lowest BCUT2D eigenvalue weighted by molar-refractivity contribution is -0.119. The van der Waals surface area contributed by atoms with Gasteiger partial charge in [0, 0.05) is 37.7 Å². The third kappa shape index (κ3) is 4.46. The van der Waals surface area contributed by atoms with Crippen LogP contribution in [0.1, 0.15) is 13.8 Å². The van der Waals surface area contributed by atoms with Crippen LogP contribution in [0.25, 0.3) is 0 Å². The maximum atomic E-state index is 11.2. The molecular weight excluding hydrogens is 236 g/mol. The molecule has 0 radical (unpaired) electrons. The minimum atomic E-state index is -0.0307. The predicted molar refractivity (Wildman–Crippen MR) is 73.5 cm³/mol. The molecular formula is C11H22N4OS. The van der Waals surface area contributed by atoms with E-state index >= 15 is 0 Å². The number of rotatable bonds is 2. The van der Waals surface area contributed by atoms with Gasteiger partial charge in [0.25, 0.3) is 0 Å². The van der Waals surface area contributed by atoms with Gasteiger partial charge in [-0.25, -0.2) is 0 Å². The number of amides is 1. The Kier molecular flexibility index (Phi) is 5.11. The molecule has 17 heavy (non-hydrogen) atoms. The van der Waals surface area contributed by atoms with Crippen molar-refractivity contribution in [3.63, 3.8) is 0 Å². The lowest BCUT2D eigenvalue weighted by Crippen LogP contribution is -2.52. The predicted octanol–water partition coefficient (Wildman–Crippen LogP) is 0.135. The van der Waals surface area contributed by atoms with Crippen LogP contribution in [-0.4, -0.2) is 61.0 Å². The Hall–Kier alpha value is -0.910. The van der Waals surface area contributed by atoms with Gasteiger partial charge in [-0.3, -0.25) is 9.79 Å². The zero-order valence-electron chi connectivity index (χ0n) is 11.0. The molecule has 0 atom stereocenters.